The minimum atomic E-state index is -3.62. The van der Waals surface area contributed by atoms with Crippen molar-refractivity contribution in [1.82, 2.24) is 10.2 Å². The number of sulfonamides is 1. The molecule has 0 aliphatic heterocycles. The summed E-state index contributed by atoms with van der Waals surface area (Å²) in [4.78, 5) is 28.8. The summed E-state index contributed by atoms with van der Waals surface area (Å²) in [5.41, 5.74) is 4.18. The Balaban J connectivity index is 1.88. The summed E-state index contributed by atoms with van der Waals surface area (Å²) in [6.07, 6.45) is 1.85. The van der Waals surface area contributed by atoms with E-state index in [0.717, 1.165) is 28.5 Å². The van der Waals surface area contributed by atoms with Crippen LogP contribution in [0.2, 0.25) is 5.02 Å². The summed E-state index contributed by atoms with van der Waals surface area (Å²) in [5.74, 6) is -0.440. The van der Waals surface area contributed by atoms with Crippen LogP contribution in [0.4, 0.5) is 5.69 Å². The van der Waals surface area contributed by atoms with Crippen molar-refractivity contribution in [1.29, 1.82) is 0 Å². The number of hydrogen-bond acceptors (Lipinski definition) is 4. The lowest BCUT2D eigenvalue weighted by Gasteiger charge is -2.32. The Morgan fingerprint density at radius 2 is 1.65 bits per heavy atom. The van der Waals surface area contributed by atoms with Crippen LogP contribution < -0.4 is 9.62 Å². The van der Waals surface area contributed by atoms with Crippen molar-refractivity contribution in [2.24, 2.45) is 0 Å². The van der Waals surface area contributed by atoms with Crippen molar-refractivity contribution in [3.8, 4) is 0 Å². The maximum atomic E-state index is 13.8. The minimum Gasteiger partial charge on any atom is -0.355 e. The zero-order valence-electron chi connectivity index (χ0n) is 23.6. The van der Waals surface area contributed by atoms with Crippen LogP contribution in [0.5, 0.6) is 0 Å². The molecule has 0 aliphatic carbocycles. The van der Waals surface area contributed by atoms with Gasteiger partial charge in [0.2, 0.25) is 21.8 Å². The van der Waals surface area contributed by atoms with E-state index >= 15 is 0 Å². The van der Waals surface area contributed by atoms with Crippen molar-refractivity contribution in [3.05, 3.63) is 100 Å². The number of hydrogen-bond donors (Lipinski definition) is 1. The monoisotopic (exact) mass is 583 g/mol. The van der Waals surface area contributed by atoms with Crippen molar-refractivity contribution in [2.45, 2.75) is 52.6 Å². The Kier molecular flexibility index (Phi) is 11.2. The van der Waals surface area contributed by atoms with Gasteiger partial charge in [0.1, 0.15) is 6.04 Å². The predicted octanol–water partition coefficient (Wildman–Crippen LogP) is 5.28. The molecule has 0 aliphatic rings. The van der Waals surface area contributed by atoms with Gasteiger partial charge in [0.25, 0.3) is 0 Å². The van der Waals surface area contributed by atoms with Crippen molar-refractivity contribution in [3.63, 3.8) is 0 Å². The molecule has 2 amide bonds. The van der Waals surface area contributed by atoms with Gasteiger partial charge in [0, 0.05) is 37.5 Å². The van der Waals surface area contributed by atoms with Gasteiger partial charge in [-0.15, -0.1) is 0 Å². The molecule has 9 heteroatoms. The fraction of sp³-hybridized carbons (Fsp3) is 0.355. The van der Waals surface area contributed by atoms with Crippen molar-refractivity contribution in [2.75, 3.05) is 23.7 Å². The van der Waals surface area contributed by atoms with Gasteiger partial charge in [0.05, 0.1) is 11.9 Å². The van der Waals surface area contributed by atoms with Crippen molar-refractivity contribution >= 4 is 39.1 Å². The molecule has 0 heterocycles. The summed E-state index contributed by atoms with van der Waals surface area (Å²) < 4.78 is 26.7. The molecule has 0 fully saturated rings. The molecule has 0 aromatic heterocycles. The summed E-state index contributed by atoms with van der Waals surface area (Å²) in [5, 5.41) is 3.32. The van der Waals surface area contributed by atoms with Crippen LogP contribution in [0.15, 0.2) is 72.8 Å². The SMILES string of the molecule is CCNC(=O)[C@H](Cc1ccccc1)N(Cc1cccc(C)c1)C(=O)CCCN(c1cc(Cl)ccc1C)S(C)(=O)=O. The molecule has 40 heavy (non-hydrogen) atoms. The maximum Gasteiger partial charge on any atom is 0.243 e. The summed E-state index contributed by atoms with van der Waals surface area (Å²) in [7, 11) is -3.62. The molecule has 0 spiro atoms. The van der Waals surface area contributed by atoms with E-state index in [1.165, 1.54) is 4.31 Å². The smallest absolute Gasteiger partial charge is 0.243 e. The minimum absolute atomic E-state index is 0.0716. The molecule has 0 saturated heterocycles. The fourth-order valence-electron chi connectivity index (χ4n) is 4.69. The molecular weight excluding hydrogens is 546 g/mol. The first kappa shape index (κ1) is 31.2. The normalized spacial score (nSPS) is 12.0. The molecule has 1 atom stereocenters. The number of nitrogens with one attached hydrogen (secondary N) is 1. The third-order valence-electron chi connectivity index (χ3n) is 6.65. The molecule has 3 aromatic carbocycles. The molecular formula is C31H38ClN3O4S. The van der Waals surface area contributed by atoms with E-state index < -0.39 is 16.1 Å². The van der Waals surface area contributed by atoms with Crippen LogP contribution in [0.25, 0.3) is 0 Å². The summed E-state index contributed by atoms with van der Waals surface area (Å²) >= 11 is 6.16. The molecule has 214 valence electrons. The van der Waals surface area contributed by atoms with Gasteiger partial charge < -0.3 is 10.2 Å². The topological polar surface area (TPSA) is 86.8 Å². The van der Waals surface area contributed by atoms with E-state index in [1.807, 2.05) is 75.4 Å². The standard InChI is InChI=1S/C31H38ClN3O4S/c1-5-33-31(37)29(20-25-12-7-6-8-13-25)34(22-26-14-9-11-23(2)19-26)30(36)15-10-18-35(40(4,38)39)28-21-27(32)17-16-24(28)3/h6-9,11-14,16-17,19,21,29H,5,10,15,18,20,22H2,1-4H3,(H,33,37)/t29-/m0/s1. The quantitative estimate of drug-likeness (QED) is 0.297. The number of nitrogens with zero attached hydrogens (tertiary/aromatic N) is 2. The van der Waals surface area contributed by atoms with Gasteiger partial charge in [-0.3, -0.25) is 13.9 Å². The second-order valence-electron chi connectivity index (χ2n) is 9.98. The molecule has 0 saturated carbocycles. The molecule has 0 radical (unpaired) electrons. The molecule has 3 aromatic rings. The molecule has 7 nitrogen and oxygen atoms in total. The number of halogens is 1. The van der Waals surface area contributed by atoms with Gasteiger partial charge in [-0.05, 0) is 56.0 Å². The van der Waals surface area contributed by atoms with E-state index in [2.05, 4.69) is 5.32 Å². The number of aryl methyl sites for hydroxylation is 2. The highest BCUT2D eigenvalue weighted by molar-refractivity contribution is 7.92. The van der Waals surface area contributed by atoms with Crippen molar-refractivity contribution < 1.29 is 18.0 Å². The molecule has 3 rings (SSSR count). The number of carbonyl (C=O) groups excluding carboxylic acids is 2. The zero-order valence-corrected chi connectivity index (χ0v) is 25.1. The number of rotatable bonds is 13. The van der Waals surface area contributed by atoms with E-state index in [4.69, 9.17) is 11.6 Å². The largest absolute Gasteiger partial charge is 0.355 e. The second-order valence-corrected chi connectivity index (χ2v) is 12.3. The van der Waals surface area contributed by atoms with Crippen LogP contribution in [-0.2, 0) is 32.6 Å². The summed E-state index contributed by atoms with van der Waals surface area (Å²) in [6, 6.07) is 21.9. The third kappa shape index (κ3) is 8.83. The number of carbonyl (C=O) groups is 2. The lowest BCUT2D eigenvalue weighted by atomic mass is 10.0. The number of likely N-dealkylation sites (N-methyl/N-ethyl adjacent to an activating group) is 1. The second kappa shape index (κ2) is 14.3. The maximum absolute atomic E-state index is 13.8. The number of amides is 2. The Bertz CT molecular complexity index is 1410. The zero-order chi connectivity index (χ0) is 29.3. The van der Waals surface area contributed by atoms with Gasteiger partial charge >= 0.3 is 0 Å². The molecule has 0 bridgehead atoms. The van der Waals surface area contributed by atoms with Crippen LogP contribution in [-0.4, -0.2) is 50.5 Å². The van der Waals surface area contributed by atoms with Gasteiger partial charge in [-0.1, -0.05) is 77.8 Å². The van der Waals surface area contributed by atoms with E-state index in [-0.39, 0.29) is 37.7 Å². The van der Waals surface area contributed by atoms with E-state index in [1.54, 1.807) is 23.1 Å². The van der Waals surface area contributed by atoms with Crippen LogP contribution in [0, 0.1) is 13.8 Å². The third-order valence-corrected chi connectivity index (χ3v) is 8.06. The highest BCUT2D eigenvalue weighted by atomic mass is 35.5. The Morgan fingerprint density at radius 3 is 2.30 bits per heavy atom. The van der Waals surface area contributed by atoms with Crippen LogP contribution in [0.3, 0.4) is 0 Å². The predicted molar refractivity (Wildman–Crippen MR) is 162 cm³/mol. The van der Waals surface area contributed by atoms with Crippen LogP contribution in [0.1, 0.15) is 42.0 Å². The Morgan fingerprint density at radius 1 is 0.950 bits per heavy atom. The van der Waals surface area contributed by atoms with E-state index in [9.17, 15) is 18.0 Å². The Hall–Kier alpha value is -3.36. The van der Waals surface area contributed by atoms with Gasteiger partial charge in [-0.25, -0.2) is 8.42 Å². The van der Waals surface area contributed by atoms with Gasteiger partial charge in [0.15, 0.2) is 0 Å². The first-order valence-electron chi connectivity index (χ1n) is 13.4. The Labute approximate surface area is 243 Å². The summed E-state index contributed by atoms with van der Waals surface area (Å²) in [6.45, 7) is 6.46. The lowest BCUT2D eigenvalue weighted by Crippen LogP contribution is -2.50. The van der Waals surface area contributed by atoms with Crippen LogP contribution >= 0.6 is 11.6 Å². The number of benzene rings is 3. The van der Waals surface area contributed by atoms with E-state index in [0.29, 0.717) is 23.7 Å². The molecule has 0 unspecified atom stereocenters. The average molecular weight is 584 g/mol. The molecule has 1 N–H and O–H groups in total. The number of anilines is 1. The highest BCUT2D eigenvalue weighted by Gasteiger charge is 2.30. The lowest BCUT2D eigenvalue weighted by molar-refractivity contribution is -0.141. The fourth-order valence-corrected chi connectivity index (χ4v) is 5.87. The highest BCUT2D eigenvalue weighted by Crippen LogP contribution is 2.27. The van der Waals surface area contributed by atoms with Gasteiger partial charge in [-0.2, -0.15) is 0 Å². The average Bonchev–Trinajstić information content (AvgIpc) is 2.90. The first-order chi connectivity index (χ1) is 19.0. The first-order valence-corrected chi connectivity index (χ1v) is 15.6.